The fourth-order valence-corrected chi connectivity index (χ4v) is 0. The molecule has 0 aromatic carbocycles. The van der Waals surface area contributed by atoms with Crippen LogP contribution in [0.1, 0.15) is 0 Å². The van der Waals surface area contributed by atoms with Gasteiger partial charge in [-0.1, -0.05) is 6.55 Å². The summed E-state index contributed by atoms with van der Waals surface area (Å²) in [4.78, 5) is 0. The molecule has 0 N–H and O–H groups in total. The van der Waals surface area contributed by atoms with Crippen molar-refractivity contribution in [3.8, 4) is 0 Å². The molecule has 0 aromatic rings. The Labute approximate surface area is 28.9 Å². The van der Waals surface area contributed by atoms with Gasteiger partial charge in [0, 0.05) is 7.11 Å². The summed E-state index contributed by atoms with van der Waals surface area (Å²) in [7, 11) is 1.67. The number of hydrogen-bond acceptors (Lipinski definition) is 1. The standard InChI is InChI=1S/C2H8OSi/c1-3-4-2/h4H2,1-2H3. The summed E-state index contributed by atoms with van der Waals surface area (Å²) in [6.45, 7) is 2.10. The summed E-state index contributed by atoms with van der Waals surface area (Å²) >= 11 is 0. The van der Waals surface area contributed by atoms with Crippen LogP contribution in [0.5, 0.6) is 0 Å². The van der Waals surface area contributed by atoms with E-state index in [1.165, 1.54) is 0 Å². The van der Waals surface area contributed by atoms with Crippen LogP contribution >= 0.6 is 0 Å². The average Bonchev–Trinajstić information content (AvgIpc) is 1.37. The zero-order valence-electron chi connectivity index (χ0n) is 3.12. The molecule has 0 saturated carbocycles. The van der Waals surface area contributed by atoms with Crippen molar-refractivity contribution < 1.29 is 4.43 Å². The maximum absolute atomic E-state index is 4.68. The van der Waals surface area contributed by atoms with Crippen LogP contribution in [0.2, 0.25) is 6.55 Å². The minimum atomic E-state index is -0.0756. The second-order valence-corrected chi connectivity index (χ2v) is 1.73. The van der Waals surface area contributed by atoms with E-state index in [0.717, 1.165) is 0 Å². The lowest BCUT2D eigenvalue weighted by molar-refractivity contribution is 0.446. The maximum Gasteiger partial charge on any atom is 0.157 e. The molecule has 0 aromatic heterocycles. The van der Waals surface area contributed by atoms with Gasteiger partial charge in [-0.2, -0.15) is 0 Å². The van der Waals surface area contributed by atoms with E-state index in [0.29, 0.717) is 0 Å². The van der Waals surface area contributed by atoms with Crippen molar-refractivity contribution in [2.24, 2.45) is 0 Å². The van der Waals surface area contributed by atoms with Crippen LogP contribution in [0.3, 0.4) is 0 Å². The van der Waals surface area contributed by atoms with Crippen molar-refractivity contribution in [2.75, 3.05) is 7.11 Å². The molecule has 0 unspecified atom stereocenters. The van der Waals surface area contributed by atoms with Gasteiger partial charge in [0.15, 0.2) is 9.76 Å². The van der Waals surface area contributed by atoms with Gasteiger partial charge in [-0.15, -0.1) is 0 Å². The van der Waals surface area contributed by atoms with E-state index in [1.54, 1.807) is 7.11 Å². The van der Waals surface area contributed by atoms with Gasteiger partial charge in [0.25, 0.3) is 0 Å². The van der Waals surface area contributed by atoms with E-state index >= 15 is 0 Å². The summed E-state index contributed by atoms with van der Waals surface area (Å²) in [5, 5.41) is 0. The van der Waals surface area contributed by atoms with Gasteiger partial charge >= 0.3 is 0 Å². The summed E-state index contributed by atoms with van der Waals surface area (Å²) in [5.74, 6) is 0. The largest absolute Gasteiger partial charge is 0.427 e. The lowest BCUT2D eigenvalue weighted by Crippen LogP contribution is -1.79. The van der Waals surface area contributed by atoms with Gasteiger partial charge in [0.2, 0.25) is 0 Å². The Hall–Kier alpha value is 0.177. The fourth-order valence-electron chi connectivity index (χ4n) is 0. The average molecular weight is 76.2 g/mol. The zero-order valence-corrected chi connectivity index (χ0v) is 4.53. The Kier molecular flexibility index (Phi) is 3.32. The second-order valence-electron chi connectivity index (χ2n) is 0.577. The first-order valence-electron chi connectivity index (χ1n) is 1.40. The highest BCUT2D eigenvalue weighted by atomic mass is 28.2. The van der Waals surface area contributed by atoms with E-state index in [9.17, 15) is 0 Å². The lowest BCUT2D eigenvalue weighted by Gasteiger charge is -1.75. The molecular formula is C2H8OSi. The highest BCUT2D eigenvalue weighted by molar-refractivity contribution is 6.24. The molecule has 0 spiro atoms. The van der Waals surface area contributed by atoms with Crippen molar-refractivity contribution in [1.82, 2.24) is 0 Å². The Balaban J connectivity index is 1.97. The number of rotatable bonds is 1. The first-order valence-corrected chi connectivity index (χ1v) is 3.40. The Bertz CT molecular complexity index is 8.00. The van der Waals surface area contributed by atoms with Gasteiger partial charge in [0.1, 0.15) is 0 Å². The molecule has 0 heterocycles. The third-order valence-corrected chi connectivity index (χ3v) is 0.866. The highest BCUT2D eigenvalue weighted by Crippen LogP contribution is 1.47. The predicted octanol–water partition coefficient (Wildman–Crippen LogP) is -0.235. The molecule has 0 bridgehead atoms. The fraction of sp³-hybridized carbons (Fsp3) is 1.00. The number of hydrogen-bond donors (Lipinski definition) is 0. The third kappa shape index (κ3) is 2.18. The normalized spacial score (nSPS) is 10.5. The summed E-state index contributed by atoms with van der Waals surface area (Å²) in [6, 6.07) is 0. The van der Waals surface area contributed by atoms with Crippen LogP contribution < -0.4 is 0 Å². The van der Waals surface area contributed by atoms with Crippen molar-refractivity contribution in [3.63, 3.8) is 0 Å². The molecule has 1 nitrogen and oxygen atoms in total. The molecule has 4 heavy (non-hydrogen) atoms. The Morgan fingerprint density at radius 1 is 1.75 bits per heavy atom. The molecule has 0 aliphatic heterocycles. The van der Waals surface area contributed by atoms with E-state index in [1.807, 2.05) is 0 Å². The predicted molar refractivity (Wildman–Crippen MR) is 21.4 cm³/mol. The zero-order chi connectivity index (χ0) is 3.41. The smallest absolute Gasteiger partial charge is 0.157 e. The van der Waals surface area contributed by atoms with Crippen LogP contribution in [0.25, 0.3) is 0 Å². The van der Waals surface area contributed by atoms with Crippen molar-refractivity contribution in [2.45, 2.75) is 6.55 Å². The van der Waals surface area contributed by atoms with Crippen LogP contribution in [0.15, 0.2) is 0 Å². The molecule has 0 amide bonds. The first kappa shape index (κ1) is 4.18. The molecule has 0 rings (SSSR count). The van der Waals surface area contributed by atoms with Crippen LogP contribution in [-0.2, 0) is 4.43 Å². The summed E-state index contributed by atoms with van der Waals surface area (Å²) < 4.78 is 4.68. The first-order chi connectivity index (χ1) is 1.91. The van der Waals surface area contributed by atoms with Crippen molar-refractivity contribution >= 4 is 9.76 Å². The van der Waals surface area contributed by atoms with E-state index in [2.05, 4.69) is 11.0 Å². The Morgan fingerprint density at radius 2 is 2.00 bits per heavy atom. The van der Waals surface area contributed by atoms with Gasteiger partial charge in [-0.3, -0.25) is 0 Å². The molecule has 26 valence electrons. The summed E-state index contributed by atoms with van der Waals surface area (Å²) in [5.41, 5.74) is 0. The molecule has 0 saturated heterocycles. The van der Waals surface area contributed by atoms with Crippen LogP contribution in [0.4, 0.5) is 0 Å². The molecule has 0 radical (unpaired) electrons. The van der Waals surface area contributed by atoms with E-state index in [-0.39, 0.29) is 9.76 Å². The molecular weight excluding hydrogens is 68.1 g/mol. The van der Waals surface area contributed by atoms with Crippen molar-refractivity contribution in [3.05, 3.63) is 0 Å². The van der Waals surface area contributed by atoms with Crippen LogP contribution in [0, 0.1) is 0 Å². The highest BCUT2D eigenvalue weighted by Gasteiger charge is 1.55. The summed E-state index contributed by atoms with van der Waals surface area (Å²) in [6.07, 6.45) is 0. The van der Waals surface area contributed by atoms with Gasteiger partial charge in [0.05, 0.1) is 0 Å². The minimum Gasteiger partial charge on any atom is -0.427 e. The molecule has 0 aliphatic carbocycles. The monoisotopic (exact) mass is 76.0 g/mol. The van der Waals surface area contributed by atoms with Gasteiger partial charge < -0.3 is 4.43 Å². The SMILES string of the molecule is CO[SiH2]C. The van der Waals surface area contributed by atoms with E-state index in [4.69, 9.17) is 0 Å². The lowest BCUT2D eigenvalue weighted by atomic mass is 11.8. The molecule has 0 fully saturated rings. The molecule has 2 heteroatoms. The maximum atomic E-state index is 4.68. The van der Waals surface area contributed by atoms with E-state index < -0.39 is 0 Å². The van der Waals surface area contributed by atoms with Gasteiger partial charge in [-0.25, -0.2) is 0 Å². The van der Waals surface area contributed by atoms with Crippen LogP contribution in [-0.4, -0.2) is 16.9 Å². The molecule has 0 aliphatic rings. The topological polar surface area (TPSA) is 9.23 Å². The molecule has 0 atom stereocenters. The quantitative estimate of drug-likeness (QED) is 0.392. The van der Waals surface area contributed by atoms with Gasteiger partial charge in [-0.05, 0) is 0 Å². The Morgan fingerprint density at radius 3 is 2.00 bits per heavy atom. The minimum absolute atomic E-state index is 0.0756. The van der Waals surface area contributed by atoms with Crippen molar-refractivity contribution in [1.29, 1.82) is 0 Å². The second kappa shape index (κ2) is 3.18. The third-order valence-electron chi connectivity index (χ3n) is 0.289.